The Morgan fingerprint density at radius 3 is 2.67 bits per heavy atom. The van der Waals surface area contributed by atoms with Crippen molar-refractivity contribution in [3.05, 3.63) is 53.1 Å². The van der Waals surface area contributed by atoms with Crippen LogP contribution in [0.2, 0.25) is 0 Å². The van der Waals surface area contributed by atoms with Gasteiger partial charge < -0.3 is 10.6 Å². The maximum absolute atomic E-state index is 13.1. The molecule has 1 fully saturated rings. The van der Waals surface area contributed by atoms with Crippen LogP contribution in [0.15, 0.2) is 30.3 Å². The molecule has 1 aliphatic rings. The van der Waals surface area contributed by atoms with Crippen LogP contribution in [0, 0.1) is 19.7 Å². The van der Waals surface area contributed by atoms with Crippen LogP contribution in [0.4, 0.5) is 4.39 Å². The molecule has 0 aliphatic carbocycles. The summed E-state index contributed by atoms with van der Waals surface area (Å²) in [6.07, 6.45) is 4.22. The van der Waals surface area contributed by atoms with Crippen molar-refractivity contribution < 1.29 is 9.18 Å². The minimum Gasteiger partial charge on any atom is -0.338 e. The first-order valence-corrected chi connectivity index (χ1v) is 8.00. The molecule has 2 heterocycles. The lowest BCUT2D eigenvalue weighted by molar-refractivity contribution is -0.124. The Morgan fingerprint density at radius 1 is 1.33 bits per heavy atom. The molecule has 3 rings (SSSR count). The van der Waals surface area contributed by atoms with Crippen molar-refractivity contribution in [2.24, 2.45) is 5.73 Å². The number of carbonyl (C=O) groups is 1. The van der Waals surface area contributed by atoms with Gasteiger partial charge in [-0.1, -0.05) is 0 Å². The molecule has 2 N–H and O–H groups in total. The topological polar surface area (TPSA) is 64.2 Å². The highest BCUT2D eigenvalue weighted by Crippen LogP contribution is 2.20. The minimum atomic E-state index is -0.283. The quantitative estimate of drug-likeness (QED) is 0.879. The first-order chi connectivity index (χ1) is 11.5. The maximum Gasteiger partial charge on any atom is 0.246 e. The van der Waals surface area contributed by atoms with E-state index in [1.165, 1.54) is 12.1 Å². The normalized spacial score (nSPS) is 17.8. The highest BCUT2D eigenvalue weighted by Gasteiger charge is 2.22. The molecule has 0 bridgehead atoms. The second-order valence-electron chi connectivity index (χ2n) is 6.14. The van der Waals surface area contributed by atoms with Crippen LogP contribution in [0.5, 0.6) is 0 Å². The number of hydrogen-bond acceptors (Lipinski definition) is 3. The van der Waals surface area contributed by atoms with Crippen molar-refractivity contribution in [3.8, 4) is 5.69 Å². The molecule has 1 amide bonds. The van der Waals surface area contributed by atoms with Crippen LogP contribution in [-0.4, -0.2) is 39.7 Å². The number of nitrogens with two attached hydrogens (primary N) is 1. The predicted octanol–water partition coefficient (Wildman–Crippen LogP) is 2.20. The van der Waals surface area contributed by atoms with Gasteiger partial charge in [-0.05, 0) is 50.6 Å². The summed E-state index contributed by atoms with van der Waals surface area (Å²) in [6.45, 7) is 5.13. The highest BCUT2D eigenvalue weighted by atomic mass is 19.1. The molecule has 6 heteroatoms. The van der Waals surface area contributed by atoms with Gasteiger partial charge >= 0.3 is 0 Å². The lowest BCUT2D eigenvalue weighted by atomic mass is 10.2. The number of aromatic nitrogens is 2. The van der Waals surface area contributed by atoms with Crippen molar-refractivity contribution in [2.45, 2.75) is 26.3 Å². The monoisotopic (exact) mass is 328 g/mol. The molecular weight excluding hydrogens is 307 g/mol. The first kappa shape index (κ1) is 16.4. The Hall–Kier alpha value is -2.47. The van der Waals surface area contributed by atoms with Crippen LogP contribution < -0.4 is 5.73 Å². The molecule has 1 aromatic heterocycles. The van der Waals surface area contributed by atoms with E-state index in [0.717, 1.165) is 29.1 Å². The summed E-state index contributed by atoms with van der Waals surface area (Å²) in [5, 5.41) is 4.50. The average molecular weight is 328 g/mol. The fraction of sp³-hybridized carbons (Fsp3) is 0.333. The van der Waals surface area contributed by atoms with Crippen LogP contribution >= 0.6 is 0 Å². The largest absolute Gasteiger partial charge is 0.338 e. The van der Waals surface area contributed by atoms with Gasteiger partial charge in [-0.3, -0.25) is 4.79 Å². The van der Waals surface area contributed by atoms with Crippen LogP contribution in [0.25, 0.3) is 11.8 Å². The van der Waals surface area contributed by atoms with E-state index >= 15 is 0 Å². The molecule has 1 aliphatic heterocycles. The van der Waals surface area contributed by atoms with Gasteiger partial charge in [-0.15, -0.1) is 0 Å². The number of carbonyl (C=O) groups excluding carboxylic acids is 1. The standard InChI is InChI=1S/C18H21FN4O/c1-12-17(7-8-18(24)22-10-9-15(20)11-22)13(2)23(21-12)16-5-3-14(19)4-6-16/h3-8,15H,9-11,20H2,1-2H3/b8-7+/t15-/m0/s1. The molecule has 24 heavy (non-hydrogen) atoms. The fourth-order valence-electron chi connectivity index (χ4n) is 2.98. The van der Waals surface area contributed by atoms with Gasteiger partial charge in [0.15, 0.2) is 0 Å². The van der Waals surface area contributed by atoms with Crippen molar-refractivity contribution in [2.75, 3.05) is 13.1 Å². The van der Waals surface area contributed by atoms with Crippen LogP contribution in [0.3, 0.4) is 0 Å². The molecule has 126 valence electrons. The Balaban J connectivity index is 1.83. The molecule has 1 aromatic carbocycles. The summed E-state index contributed by atoms with van der Waals surface area (Å²) in [7, 11) is 0. The van der Waals surface area contributed by atoms with Crippen LogP contribution in [0.1, 0.15) is 23.4 Å². The number of amides is 1. The third-order valence-corrected chi connectivity index (χ3v) is 4.35. The second kappa shape index (κ2) is 6.57. The van der Waals surface area contributed by atoms with E-state index in [1.54, 1.807) is 33.9 Å². The Morgan fingerprint density at radius 2 is 2.04 bits per heavy atom. The number of halogens is 1. The van der Waals surface area contributed by atoms with Crippen LogP contribution in [-0.2, 0) is 4.79 Å². The zero-order valence-corrected chi connectivity index (χ0v) is 13.9. The van der Waals surface area contributed by atoms with Gasteiger partial charge in [0.2, 0.25) is 5.91 Å². The number of hydrogen-bond donors (Lipinski definition) is 1. The Labute approximate surface area is 140 Å². The van der Waals surface area contributed by atoms with Crippen molar-refractivity contribution in [3.63, 3.8) is 0 Å². The van der Waals surface area contributed by atoms with Gasteiger partial charge in [-0.2, -0.15) is 5.10 Å². The average Bonchev–Trinajstić information content (AvgIpc) is 3.10. The molecular formula is C18H21FN4O. The zero-order valence-electron chi connectivity index (χ0n) is 13.9. The summed E-state index contributed by atoms with van der Waals surface area (Å²) in [6, 6.07) is 6.24. The van der Waals surface area contributed by atoms with Gasteiger partial charge in [0.05, 0.1) is 11.4 Å². The lowest BCUT2D eigenvalue weighted by Crippen LogP contribution is -2.30. The number of rotatable bonds is 3. The summed E-state index contributed by atoms with van der Waals surface area (Å²) in [4.78, 5) is 14.0. The molecule has 0 saturated carbocycles. The maximum atomic E-state index is 13.1. The van der Waals surface area contributed by atoms with Crippen molar-refractivity contribution >= 4 is 12.0 Å². The number of benzene rings is 1. The second-order valence-corrected chi connectivity index (χ2v) is 6.14. The van der Waals surface area contributed by atoms with E-state index in [-0.39, 0.29) is 17.8 Å². The van der Waals surface area contributed by atoms with E-state index in [2.05, 4.69) is 5.10 Å². The highest BCUT2D eigenvalue weighted by molar-refractivity contribution is 5.92. The van der Waals surface area contributed by atoms with E-state index in [9.17, 15) is 9.18 Å². The number of aryl methyl sites for hydroxylation is 1. The molecule has 0 spiro atoms. The van der Waals surface area contributed by atoms with Gasteiger partial charge in [-0.25, -0.2) is 9.07 Å². The zero-order chi connectivity index (χ0) is 17.3. The summed E-state index contributed by atoms with van der Waals surface area (Å²) >= 11 is 0. The molecule has 1 atom stereocenters. The smallest absolute Gasteiger partial charge is 0.246 e. The van der Waals surface area contributed by atoms with E-state index in [1.807, 2.05) is 13.8 Å². The summed E-state index contributed by atoms with van der Waals surface area (Å²) in [5.74, 6) is -0.314. The van der Waals surface area contributed by atoms with E-state index in [4.69, 9.17) is 5.73 Å². The fourth-order valence-corrected chi connectivity index (χ4v) is 2.98. The summed E-state index contributed by atoms with van der Waals surface area (Å²) < 4.78 is 14.8. The molecule has 0 radical (unpaired) electrons. The molecule has 2 aromatic rings. The third-order valence-electron chi connectivity index (χ3n) is 4.35. The molecule has 1 saturated heterocycles. The lowest BCUT2D eigenvalue weighted by Gasteiger charge is -2.12. The molecule has 0 unspecified atom stereocenters. The Bertz CT molecular complexity index is 779. The third kappa shape index (κ3) is 3.23. The van der Waals surface area contributed by atoms with E-state index < -0.39 is 0 Å². The number of likely N-dealkylation sites (tertiary alicyclic amines) is 1. The first-order valence-electron chi connectivity index (χ1n) is 8.00. The van der Waals surface area contributed by atoms with E-state index in [0.29, 0.717) is 13.1 Å². The van der Waals surface area contributed by atoms with Gasteiger partial charge in [0.25, 0.3) is 0 Å². The van der Waals surface area contributed by atoms with Crippen molar-refractivity contribution in [1.29, 1.82) is 0 Å². The minimum absolute atomic E-state index is 0.0312. The number of nitrogens with zero attached hydrogens (tertiary/aromatic N) is 3. The van der Waals surface area contributed by atoms with Gasteiger partial charge in [0.1, 0.15) is 5.82 Å². The van der Waals surface area contributed by atoms with Crippen molar-refractivity contribution in [1.82, 2.24) is 14.7 Å². The van der Waals surface area contributed by atoms with Gasteiger partial charge in [0, 0.05) is 36.5 Å². The summed E-state index contributed by atoms with van der Waals surface area (Å²) in [5.41, 5.74) is 9.25. The molecule has 5 nitrogen and oxygen atoms in total. The Kier molecular flexibility index (Phi) is 4.49. The predicted molar refractivity (Wildman–Crippen MR) is 91.2 cm³/mol. The SMILES string of the molecule is Cc1nn(-c2ccc(F)cc2)c(C)c1/C=C/C(=O)N1CC[C@H](N)C1.